The van der Waals surface area contributed by atoms with Crippen LogP contribution in [0.5, 0.6) is 0 Å². The van der Waals surface area contributed by atoms with Crippen molar-refractivity contribution in [1.82, 2.24) is 0 Å². The predicted molar refractivity (Wildman–Crippen MR) is 74.9 cm³/mol. The second kappa shape index (κ2) is 6.53. The highest BCUT2D eigenvalue weighted by Gasteiger charge is 2.30. The summed E-state index contributed by atoms with van der Waals surface area (Å²) < 4.78 is 6.00. The third kappa shape index (κ3) is 4.79. The molecule has 1 atom stereocenters. The number of hydrogen-bond acceptors (Lipinski definition) is 2. The minimum atomic E-state index is -0.181. The Morgan fingerprint density at radius 2 is 2.12 bits per heavy atom. The number of ether oxygens (including phenoxy) is 1. The molecule has 0 bridgehead atoms. The molecule has 0 saturated carbocycles. The Morgan fingerprint density at radius 1 is 1.41 bits per heavy atom. The zero-order valence-corrected chi connectivity index (χ0v) is 12.3. The molecule has 2 heteroatoms. The number of unbranched alkanes of at least 4 members (excludes halogenated alkanes) is 1. The van der Waals surface area contributed by atoms with E-state index in [9.17, 15) is 0 Å². The van der Waals surface area contributed by atoms with Gasteiger partial charge in [-0.25, -0.2) is 0 Å². The molecular weight excluding hydrogens is 210 g/mol. The Hall–Kier alpha value is -0.370. The van der Waals surface area contributed by atoms with Gasteiger partial charge in [0.15, 0.2) is 0 Å². The molecule has 0 saturated heterocycles. The topological polar surface area (TPSA) is 21.6 Å². The quantitative estimate of drug-likeness (QED) is 0.679. The Balaban J connectivity index is 2.56. The minimum absolute atomic E-state index is 0.181. The molecule has 0 aromatic carbocycles. The summed E-state index contributed by atoms with van der Waals surface area (Å²) in [5.74, 6) is 0.831. The second-order valence-corrected chi connectivity index (χ2v) is 6.01. The number of rotatable bonds is 6. The Kier molecular flexibility index (Phi) is 5.64. The molecule has 1 unspecified atom stereocenters. The van der Waals surface area contributed by atoms with E-state index in [1.165, 1.54) is 31.4 Å². The first-order chi connectivity index (χ1) is 7.95. The maximum absolute atomic E-state index is 6.00. The van der Waals surface area contributed by atoms with Crippen molar-refractivity contribution in [2.75, 3.05) is 6.54 Å². The lowest BCUT2D eigenvalue weighted by Gasteiger charge is -2.34. The molecule has 17 heavy (non-hydrogen) atoms. The van der Waals surface area contributed by atoms with Crippen molar-refractivity contribution in [3.05, 3.63) is 0 Å². The van der Waals surface area contributed by atoms with Crippen LogP contribution in [0.4, 0.5) is 0 Å². The molecule has 0 aromatic heterocycles. The minimum Gasteiger partial charge on any atom is -0.367 e. The maximum Gasteiger partial charge on any atom is 0.100 e. The lowest BCUT2D eigenvalue weighted by molar-refractivity contribution is -0.0117. The van der Waals surface area contributed by atoms with Crippen molar-refractivity contribution in [3.8, 4) is 0 Å². The highest BCUT2D eigenvalue weighted by Crippen LogP contribution is 2.27. The molecule has 1 aliphatic rings. The van der Waals surface area contributed by atoms with E-state index in [2.05, 4.69) is 34.6 Å². The number of hydrogen-bond donors (Lipinski definition) is 0. The summed E-state index contributed by atoms with van der Waals surface area (Å²) in [6.45, 7) is 11.8. The van der Waals surface area contributed by atoms with Gasteiger partial charge in [0.1, 0.15) is 5.60 Å². The molecule has 0 radical (unpaired) electrons. The van der Waals surface area contributed by atoms with Crippen LogP contribution >= 0.6 is 0 Å². The summed E-state index contributed by atoms with van der Waals surface area (Å²) in [4.78, 5) is 4.70. The van der Waals surface area contributed by atoms with Crippen LogP contribution < -0.4 is 0 Å². The van der Waals surface area contributed by atoms with Gasteiger partial charge in [-0.3, -0.25) is 4.99 Å². The Labute approximate surface area is 107 Å². The van der Waals surface area contributed by atoms with Crippen LogP contribution in [0.3, 0.4) is 0 Å². The molecule has 100 valence electrons. The zero-order chi connectivity index (χ0) is 12.9. The van der Waals surface area contributed by atoms with Crippen LogP contribution in [0.25, 0.3) is 0 Å². The van der Waals surface area contributed by atoms with Crippen molar-refractivity contribution in [1.29, 1.82) is 0 Å². The van der Waals surface area contributed by atoms with Gasteiger partial charge in [-0.2, -0.15) is 0 Å². The van der Waals surface area contributed by atoms with Gasteiger partial charge >= 0.3 is 0 Å². The first-order valence-electron chi connectivity index (χ1n) is 7.17. The van der Waals surface area contributed by atoms with Gasteiger partial charge < -0.3 is 4.74 Å². The monoisotopic (exact) mass is 239 g/mol. The summed E-state index contributed by atoms with van der Waals surface area (Å²) in [6.07, 6.45) is 6.68. The normalized spacial score (nSPS) is 21.8. The molecule has 2 nitrogen and oxygen atoms in total. The fourth-order valence-electron chi connectivity index (χ4n) is 2.65. The Bertz CT molecular complexity index is 256. The summed E-state index contributed by atoms with van der Waals surface area (Å²) >= 11 is 0. The van der Waals surface area contributed by atoms with Gasteiger partial charge in [-0.15, -0.1) is 0 Å². The molecule has 0 amide bonds. The van der Waals surface area contributed by atoms with Crippen molar-refractivity contribution < 1.29 is 4.74 Å². The summed E-state index contributed by atoms with van der Waals surface area (Å²) in [5.41, 5.74) is 1.09. The molecule has 0 aliphatic carbocycles. The predicted octanol–water partition coefficient (Wildman–Crippen LogP) is 4.23. The van der Waals surface area contributed by atoms with Gasteiger partial charge in [0.05, 0.1) is 6.10 Å². The van der Waals surface area contributed by atoms with E-state index < -0.39 is 0 Å². The van der Waals surface area contributed by atoms with Crippen molar-refractivity contribution in [2.24, 2.45) is 10.9 Å². The highest BCUT2D eigenvalue weighted by molar-refractivity contribution is 5.92. The first kappa shape index (κ1) is 14.7. The van der Waals surface area contributed by atoms with E-state index in [0.717, 1.165) is 18.9 Å². The van der Waals surface area contributed by atoms with Crippen LogP contribution in [0.1, 0.15) is 66.7 Å². The molecule has 0 spiro atoms. The fourth-order valence-corrected chi connectivity index (χ4v) is 2.65. The third-order valence-electron chi connectivity index (χ3n) is 3.51. The molecule has 0 aromatic rings. The standard InChI is InChI=1S/C15H29NO/c1-6-7-8-13-9-10-16-14(11-13)15(4,5)17-12(2)3/h12-13H,6-11H2,1-5H3. The largest absolute Gasteiger partial charge is 0.367 e. The van der Waals surface area contributed by atoms with E-state index in [4.69, 9.17) is 9.73 Å². The second-order valence-electron chi connectivity index (χ2n) is 6.01. The number of aliphatic imine (C=N–C) groups is 1. The van der Waals surface area contributed by atoms with Gasteiger partial charge in [-0.1, -0.05) is 26.2 Å². The number of nitrogens with zero attached hydrogens (tertiary/aromatic N) is 1. The summed E-state index contributed by atoms with van der Waals surface area (Å²) in [6, 6.07) is 0. The maximum atomic E-state index is 6.00. The molecule has 0 fully saturated rings. The van der Waals surface area contributed by atoms with Crippen LogP contribution in [0.15, 0.2) is 4.99 Å². The van der Waals surface area contributed by atoms with E-state index in [0.29, 0.717) is 0 Å². The average molecular weight is 239 g/mol. The zero-order valence-electron chi connectivity index (χ0n) is 12.3. The molecule has 1 aliphatic heterocycles. The third-order valence-corrected chi connectivity index (χ3v) is 3.51. The first-order valence-corrected chi connectivity index (χ1v) is 7.17. The van der Waals surface area contributed by atoms with Gasteiger partial charge in [0, 0.05) is 12.3 Å². The molecule has 1 heterocycles. The van der Waals surface area contributed by atoms with E-state index in [-0.39, 0.29) is 11.7 Å². The van der Waals surface area contributed by atoms with Crippen LogP contribution in [-0.2, 0) is 4.74 Å². The van der Waals surface area contributed by atoms with Crippen molar-refractivity contribution >= 4 is 5.71 Å². The van der Waals surface area contributed by atoms with Crippen LogP contribution in [0.2, 0.25) is 0 Å². The van der Waals surface area contributed by atoms with Crippen LogP contribution in [-0.4, -0.2) is 24.0 Å². The molecule has 0 N–H and O–H groups in total. The van der Waals surface area contributed by atoms with Crippen LogP contribution in [0, 0.1) is 5.92 Å². The fraction of sp³-hybridized carbons (Fsp3) is 0.933. The van der Waals surface area contributed by atoms with Crippen molar-refractivity contribution in [3.63, 3.8) is 0 Å². The highest BCUT2D eigenvalue weighted by atomic mass is 16.5. The van der Waals surface area contributed by atoms with Gasteiger partial charge in [-0.05, 0) is 46.5 Å². The van der Waals surface area contributed by atoms with Crippen molar-refractivity contribution in [2.45, 2.75) is 78.4 Å². The summed E-state index contributed by atoms with van der Waals surface area (Å²) in [7, 11) is 0. The lowest BCUT2D eigenvalue weighted by Crippen LogP contribution is -2.40. The average Bonchev–Trinajstić information content (AvgIpc) is 2.25. The molecular formula is C15H29NO. The summed E-state index contributed by atoms with van der Waals surface area (Å²) in [5, 5.41) is 0. The van der Waals surface area contributed by atoms with E-state index in [1.54, 1.807) is 0 Å². The molecule has 1 rings (SSSR count). The Morgan fingerprint density at radius 3 is 2.71 bits per heavy atom. The van der Waals surface area contributed by atoms with Gasteiger partial charge in [0.25, 0.3) is 0 Å². The van der Waals surface area contributed by atoms with Gasteiger partial charge in [0.2, 0.25) is 0 Å². The smallest absolute Gasteiger partial charge is 0.100 e. The van der Waals surface area contributed by atoms with E-state index in [1.807, 2.05) is 0 Å². The SMILES string of the molecule is CCCCC1CCN=C(C(C)(C)OC(C)C)C1. The lowest BCUT2D eigenvalue weighted by atomic mass is 9.85. The van der Waals surface area contributed by atoms with E-state index >= 15 is 0 Å².